The number of nitrogens with one attached hydrogen (secondary N) is 1. The highest BCUT2D eigenvalue weighted by molar-refractivity contribution is 5.88. The lowest BCUT2D eigenvalue weighted by Crippen LogP contribution is -2.30. The van der Waals surface area contributed by atoms with E-state index < -0.39 is 0 Å². The first-order valence-electron chi connectivity index (χ1n) is 11.3. The van der Waals surface area contributed by atoms with Crippen LogP contribution >= 0.6 is 0 Å². The second-order valence-corrected chi connectivity index (χ2v) is 8.63. The molecule has 0 saturated carbocycles. The van der Waals surface area contributed by atoms with E-state index in [1.54, 1.807) is 0 Å². The standard InChI is InChI=1S/C26H36N2O2/c1-3-30-21-26(16-14-23-8-5-4-6-9-23)15-7-18-28(19-17-26)20-24-10-12-25(13-11-24)27-22(2)29/h4-6,8-13H,3,7,14-21H2,1-2H3,(H,27,29). The van der Waals surface area contributed by atoms with Crippen molar-refractivity contribution in [2.45, 2.75) is 52.5 Å². The highest BCUT2D eigenvalue weighted by atomic mass is 16.5. The molecule has 3 rings (SSSR count). The van der Waals surface area contributed by atoms with Crippen molar-refractivity contribution >= 4 is 11.6 Å². The maximum atomic E-state index is 11.2. The second kappa shape index (κ2) is 11.3. The third-order valence-corrected chi connectivity index (χ3v) is 6.22. The van der Waals surface area contributed by atoms with E-state index in [0.29, 0.717) is 0 Å². The Morgan fingerprint density at radius 1 is 1.03 bits per heavy atom. The van der Waals surface area contributed by atoms with Gasteiger partial charge in [-0.05, 0) is 80.8 Å². The van der Waals surface area contributed by atoms with Gasteiger partial charge in [-0.1, -0.05) is 42.5 Å². The lowest BCUT2D eigenvalue weighted by atomic mass is 9.76. The molecule has 2 aromatic carbocycles. The van der Waals surface area contributed by atoms with Gasteiger partial charge in [-0.25, -0.2) is 0 Å². The molecule has 0 radical (unpaired) electrons. The number of nitrogens with zero attached hydrogens (tertiary/aromatic N) is 1. The average molecular weight is 409 g/mol. The van der Waals surface area contributed by atoms with E-state index in [1.807, 2.05) is 12.1 Å². The molecule has 1 saturated heterocycles. The number of rotatable bonds is 9. The van der Waals surface area contributed by atoms with Crippen LogP contribution in [0.2, 0.25) is 0 Å². The van der Waals surface area contributed by atoms with Crippen molar-refractivity contribution in [2.75, 3.05) is 31.6 Å². The molecule has 4 heteroatoms. The van der Waals surface area contributed by atoms with Crippen molar-refractivity contribution in [3.05, 3.63) is 65.7 Å². The van der Waals surface area contributed by atoms with E-state index in [0.717, 1.165) is 45.0 Å². The van der Waals surface area contributed by atoms with Crippen LogP contribution in [-0.2, 0) is 22.5 Å². The summed E-state index contributed by atoms with van der Waals surface area (Å²) < 4.78 is 5.97. The van der Waals surface area contributed by atoms with Crippen LogP contribution in [0.15, 0.2) is 54.6 Å². The summed E-state index contributed by atoms with van der Waals surface area (Å²) in [4.78, 5) is 13.8. The molecule has 1 amide bonds. The monoisotopic (exact) mass is 408 g/mol. The molecule has 30 heavy (non-hydrogen) atoms. The number of anilines is 1. The Kier molecular flexibility index (Phi) is 8.47. The maximum Gasteiger partial charge on any atom is 0.221 e. The summed E-state index contributed by atoms with van der Waals surface area (Å²) >= 11 is 0. The van der Waals surface area contributed by atoms with Gasteiger partial charge in [0, 0.05) is 25.8 Å². The molecule has 1 fully saturated rings. The lowest BCUT2D eigenvalue weighted by Gasteiger charge is -2.33. The van der Waals surface area contributed by atoms with Gasteiger partial charge in [0.15, 0.2) is 0 Å². The number of hydrogen-bond donors (Lipinski definition) is 1. The Hall–Kier alpha value is -2.17. The van der Waals surface area contributed by atoms with Gasteiger partial charge in [0.25, 0.3) is 0 Å². The summed E-state index contributed by atoms with van der Waals surface area (Å²) in [6, 6.07) is 19.1. The van der Waals surface area contributed by atoms with Crippen molar-refractivity contribution in [1.82, 2.24) is 4.90 Å². The van der Waals surface area contributed by atoms with Gasteiger partial charge in [0.1, 0.15) is 0 Å². The number of aryl methyl sites for hydroxylation is 1. The minimum Gasteiger partial charge on any atom is -0.381 e. The zero-order valence-corrected chi connectivity index (χ0v) is 18.5. The molecular weight excluding hydrogens is 372 g/mol. The van der Waals surface area contributed by atoms with E-state index >= 15 is 0 Å². The molecule has 1 heterocycles. The van der Waals surface area contributed by atoms with Gasteiger partial charge in [0.2, 0.25) is 5.91 Å². The molecule has 1 aliphatic rings. The average Bonchev–Trinajstić information content (AvgIpc) is 2.95. The highest BCUT2D eigenvalue weighted by Crippen LogP contribution is 2.37. The Balaban J connectivity index is 1.58. The molecule has 1 atom stereocenters. The van der Waals surface area contributed by atoms with Gasteiger partial charge >= 0.3 is 0 Å². The summed E-state index contributed by atoms with van der Waals surface area (Å²) in [5, 5.41) is 2.84. The number of hydrogen-bond acceptors (Lipinski definition) is 3. The van der Waals surface area contributed by atoms with Crippen LogP contribution in [0.25, 0.3) is 0 Å². The summed E-state index contributed by atoms with van der Waals surface area (Å²) in [5.41, 5.74) is 3.86. The largest absolute Gasteiger partial charge is 0.381 e. The van der Waals surface area contributed by atoms with E-state index in [9.17, 15) is 4.79 Å². The number of carbonyl (C=O) groups is 1. The lowest BCUT2D eigenvalue weighted by molar-refractivity contribution is -0.114. The second-order valence-electron chi connectivity index (χ2n) is 8.63. The van der Waals surface area contributed by atoms with Crippen LogP contribution in [0, 0.1) is 5.41 Å². The summed E-state index contributed by atoms with van der Waals surface area (Å²) in [7, 11) is 0. The van der Waals surface area contributed by atoms with E-state index in [2.05, 4.69) is 59.6 Å². The Morgan fingerprint density at radius 3 is 2.50 bits per heavy atom. The van der Waals surface area contributed by atoms with Gasteiger partial charge in [-0.15, -0.1) is 0 Å². The number of carbonyl (C=O) groups excluding carboxylic acids is 1. The maximum absolute atomic E-state index is 11.2. The molecular formula is C26H36N2O2. The number of ether oxygens (including phenoxy) is 1. The summed E-state index contributed by atoms with van der Waals surface area (Å²) in [6.07, 6.45) is 5.95. The molecule has 4 nitrogen and oxygen atoms in total. The molecule has 1 aliphatic heterocycles. The van der Waals surface area contributed by atoms with Crippen LogP contribution in [0.3, 0.4) is 0 Å². The Bertz CT molecular complexity index is 775. The SMILES string of the molecule is CCOCC1(CCc2ccccc2)CCCN(Cc2ccc(NC(C)=O)cc2)CC1. The smallest absolute Gasteiger partial charge is 0.221 e. The van der Waals surface area contributed by atoms with Crippen molar-refractivity contribution < 1.29 is 9.53 Å². The zero-order valence-electron chi connectivity index (χ0n) is 18.5. The number of benzene rings is 2. The van der Waals surface area contributed by atoms with Crippen LogP contribution < -0.4 is 5.32 Å². The first-order valence-corrected chi connectivity index (χ1v) is 11.3. The Morgan fingerprint density at radius 2 is 1.80 bits per heavy atom. The topological polar surface area (TPSA) is 41.6 Å². The molecule has 1 unspecified atom stereocenters. The normalized spacial score (nSPS) is 19.9. The van der Waals surface area contributed by atoms with Crippen molar-refractivity contribution in [3.8, 4) is 0 Å². The zero-order chi connectivity index (χ0) is 21.2. The fraction of sp³-hybridized carbons (Fsp3) is 0.500. The van der Waals surface area contributed by atoms with Crippen LogP contribution in [-0.4, -0.2) is 37.1 Å². The third kappa shape index (κ3) is 6.96. The Labute approximate surface area is 181 Å². The fourth-order valence-corrected chi connectivity index (χ4v) is 4.46. The molecule has 0 bridgehead atoms. The van der Waals surface area contributed by atoms with E-state index in [4.69, 9.17) is 4.74 Å². The molecule has 0 aromatic heterocycles. The van der Waals surface area contributed by atoms with Gasteiger partial charge in [-0.3, -0.25) is 9.69 Å². The van der Waals surface area contributed by atoms with Crippen LogP contribution in [0.5, 0.6) is 0 Å². The number of likely N-dealkylation sites (tertiary alicyclic amines) is 1. The summed E-state index contributed by atoms with van der Waals surface area (Å²) in [6.45, 7) is 8.49. The molecule has 2 aromatic rings. The first-order chi connectivity index (χ1) is 14.6. The molecule has 0 spiro atoms. The van der Waals surface area contributed by atoms with E-state index in [1.165, 1.54) is 43.7 Å². The molecule has 1 N–H and O–H groups in total. The van der Waals surface area contributed by atoms with Gasteiger partial charge in [0.05, 0.1) is 6.61 Å². The quantitative estimate of drug-likeness (QED) is 0.613. The molecule has 0 aliphatic carbocycles. The van der Waals surface area contributed by atoms with Crippen molar-refractivity contribution in [1.29, 1.82) is 0 Å². The predicted molar refractivity (Wildman–Crippen MR) is 124 cm³/mol. The van der Waals surface area contributed by atoms with Crippen LogP contribution in [0.4, 0.5) is 5.69 Å². The summed E-state index contributed by atoms with van der Waals surface area (Å²) in [5.74, 6) is -0.0311. The van der Waals surface area contributed by atoms with Crippen LogP contribution in [0.1, 0.15) is 50.7 Å². The van der Waals surface area contributed by atoms with Gasteiger partial charge < -0.3 is 10.1 Å². The highest BCUT2D eigenvalue weighted by Gasteiger charge is 2.32. The third-order valence-electron chi connectivity index (χ3n) is 6.22. The first kappa shape index (κ1) is 22.5. The van der Waals surface area contributed by atoms with Crippen molar-refractivity contribution in [2.24, 2.45) is 5.41 Å². The predicted octanol–water partition coefficient (Wildman–Crippen LogP) is 5.29. The van der Waals surface area contributed by atoms with E-state index in [-0.39, 0.29) is 11.3 Å². The minimum atomic E-state index is -0.0311. The number of amides is 1. The molecule has 162 valence electrons. The fourth-order valence-electron chi connectivity index (χ4n) is 4.46. The van der Waals surface area contributed by atoms with Gasteiger partial charge in [-0.2, -0.15) is 0 Å². The minimum absolute atomic E-state index is 0.0311. The van der Waals surface area contributed by atoms with Crippen molar-refractivity contribution in [3.63, 3.8) is 0 Å².